The lowest BCUT2D eigenvalue weighted by molar-refractivity contribution is -0.149. The lowest BCUT2D eigenvalue weighted by atomic mass is 9.89. The van der Waals surface area contributed by atoms with Gasteiger partial charge in [0, 0.05) is 13.0 Å². The van der Waals surface area contributed by atoms with E-state index in [1.165, 1.54) is 6.42 Å². The minimum Gasteiger partial charge on any atom is -0.465 e. The highest BCUT2D eigenvalue weighted by Crippen LogP contribution is 2.24. The molecule has 76 valence electrons. The number of ether oxygens (including phenoxy) is 1. The van der Waals surface area contributed by atoms with Crippen LogP contribution in [0.1, 0.15) is 38.5 Å². The van der Waals surface area contributed by atoms with Crippen molar-refractivity contribution in [2.75, 3.05) is 13.2 Å². The zero-order chi connectivity index (χ0) is 9.52. The first-order valence-corrected chi connectivity index (χ1v) is 5.12. The Kier molecular flexibility index (Phi) is 4.83. The van der Waals surface area contributed by atoms with Crippen LogP contribution in [0.2, 0.25) is 0 Å². The van der Waals surface area contributed by atoms with Crippen LogP contribution >= 0.6 is 0 Å². The summed E-state index contributed by atoms with van der Waals surface area (Å²) in [5.41, 5.74) is 0. The summed E-state index contributed by atoms with van der Waals surface area (Å²) in [5.74, 6) is 0.0700. The van der Waals surface area contributed by atoms with Crippen molar-refractivity contribution in [3.63, 3.8) is 0 Å². The van der Waals surface area contributed by atoms with E-state index in [9.17, 15) is 4.79 Å². The molecule has 0 heterocycles. The van der Waals surface area contributed by atoms with Crippen LogP contribution in [0.4, 0.5) is 0 Å². The molecule has 0 aromatic rings. The van der Waals surface area contributed by atoms with E-state index in [0.29, 0.717) is 13.0 Å². The van der Waals surface area contributed by atoms with Crippen molar-refractivity contribution in [3.05, 3.63) is 0 Å². The molecule has 0 radical (unpaired) electrons. The van der Waals surface area contributed by atoms with E-state index in [4.69, 9.17) is 9.84 Å². The number of carbonyl (C=O) groups is 1. The molecule has 0 saturated heterocycles. The first-order chi connectivity index (χ1) is 6.34. The van der Waals surface area contributed by atoms with Gasteiger partial charge in [0.15, 0.2) is 0 Å². The smallest absolute Gasteiger partial charge is 0.308 e. The van der Waals surface area contributed by atoms with Gasteiger partial charge in [-0.2, -0.15) is 0 Å². The van der Waals surface area contributed by atoms with Gasteiger partial charge in [-0.15, -0.1) is 0 Å². The van der Waals surface area contributed by atoms with E-state index in [1.807, 2.05) is 0 Å². The van der Waals surface area contributed by atoms with Crippen LogP contribution in [0.5, 0.6) is 0 Å². The summed E-state index contributed by atoms with van der Waals surface area (Å²) in [7, 11) is 0. The van der Waals surface area contributed by atoms with Crippen LogP contribution in [-0.2, 0) is 9.53 Å². The number of hydrogen-bond donors (Lipinski definition) is 1. The summed E-state index contributed by atoms with van der Waals surface area (Å²) in [4.78, 5) is 11.4. The van der Waals surface area contributed by atoms with Gasteiger partial charge >= 0.3 is 5.97 Å². The number of rotatable bonds is 4. The maximum atomic E-state index is 11.4. The molecular formula is C10H18O3. The minimum atomic E-state index is -0.0619. The predicted molar refractivity (Wildman–Crippen MR) is 49.2 cm³/mol. The molecule has 0 aromatic heterocycles. The first kappa shape index (κ1) is 10.5. The van der Waals surface area contributed by atoms with Gasteiger partial charge in [0.1, 0.15) is 0 Å². The highest BCUT2D eigenvalue weighted by molar-refractivity contribution is 5.72. The average molecular weight is 186 g/mol. The van der Waals surface area contributed by atoms with Crippen molar-refractivity contribution in [2.45, 2.75) is 38.5 Å². The van der Waals surface area contributed by atoms with Crippen LogP contribution in [0.25, 0.3) is 0 Å². The molecule has 0 aliphatic heterocycles. The third-order valence-corrected chi connectivity index (χ3v) is 2.49. The summed E-state index contributed by atoms with van der Waals surface area (Å²) in [6.07, 6.45) is 6.08. The Morgan fingerprint density at radius 2 is 2.00 bits per heavy atom. The van der Waals surface area contributed by atoms with Crippen LogP contribution in [0.15, 0.2) is 0 Å². The topological polar surface area (TPSA) is 46.5 Å². The molecule has 1 fully saturated rings. The molecule has 1 aliphatic carbocycles. The van der Waals surface area contributed by atoms with Crippen molar-refractivity contribution < 1.29 is 14.6 Å². The number of hydrogen-bond acceptors (Lipinski definition) is 3. The number of carbonyl (C=O) groups excluding carboxylic acids is 1. The molecule has 0 aromatic carbocycles. The minimum absolute atomic E-state index is 0.0619. The van der Waals surface area contributed by atoms with Crippen molar-refractivity contribution in [1.82, 2.24) is 0 Å². The van der Waals surface area contributed by atoms with Gasteiger partial charge in [-0.05, 0) is 12.8 Å². The second-order valence-corrected chi connectivity index (χ2v) is 3.58. The van der Waals surface area contributed by atoms with E-state index in [2.05, 4.69) is 0 Å². The largest absolute Gasteiger partial charge is 0.465 e. The molecule has 1 N–H and O–H groups in total. The molecule has 1 rings (SSSR count). The summed E-state index contributed by atoms with van der Waals surface area (Å²) in [5, 5.41) is 8.50. The Morgan fingerprint density at radius 3 is 2.62 bits per heavy atom. The van der Waals surface area contributed by atoms with Gasteiger partial charge < -0.3 is 9.84 Å². The highest BCUT2D eigenvalue weighted by atomic mass is 16.5. The van der Waals surface area contributed by atoms with E-state index in [0.717, 1.165) is 25.7 Å². The van der Waals surface area contributed by atoms with Gasteiger partial charge in [-0.3, -0.25) is 4.79 Å². The Hall–Kier alpha value is -0.570. The molecule has 0 unspecified atom stereocenters. The summed E-state index contributed by atoms with van der Waals surface area (Å²) >= 11 is 0. The number of aliphatic hydroxyl groups excluding tert-OH is 1. The van der Waals surface area contributed by atoms with Crippen LogP contribution in [0.3, 0.4) is 0 Å². The lowest BCUT2D eigenvalue weighted by Gasteiger charge is -2.19. The van der Waals surface area contributed by atoms with Gasteiger partial charge in [0.05, 0.1) is 12.5 Å². The van der Waals surface area contributed by atoms with E-state index in [-0.39, 0.29) is 18.5 Å². The Bertz CT molecular complexity index is 150. The van der Waals surface area contributed by atoms with Crippen LogP contribution in [-0.4, -0.2) is 24.3 Å². The van der Waals surface area contributed by atoms with Crippen molar-refractivity contribution in [3.8, 4) is 0 Å². The first-order valence-electron chi connectivity index (χ1n) is 5.12. The molecule has 1 saturated carbocycles. The Labute approximate surface area is 79.1 Å². The maximum absolute atomic E-state index is 11.4. The molecule has 0 atom stereocenters. The van der Waals surface area contributed by atoms with E-state index in [1.54, 1.807) is 0 Å². The monoisotopic (exact) mass is 186 g/mol. The molecular weight excluding hydrogens is 168 g/mol. The highest BCUT2D eigenvalue weighted by Gasteiger charge is 2.21. The SMILES string of the molecule is O=C(OCCCO)C1CCCCC1. The van der Waals surface area contributed by atoms with Gasteiger partial charge in [-0.1, -0.05) is 19.3 Å². The van der Waals surface area contributed by atoms with E-state index < -0.39 is 0 Å². The second kappa shape index (κ2) is 5.97. The predicted octanol–water partition coefficient (Wildman–Crippen LogP) is 1.49. The van der Waals surface area contributed by atoms with E-state index >= 15 is 0 Å². The molecule has 3 heteroatoms. The van der Waals surface area contributed by atoms with Crippen molar-refractivity contribution >= 4 is 5.97 Å². The molecule has 0 amide bonds. The molecule has 0 bridgehead atoms. The lowest BCUT2D eigenvalue weighted by Crippen LogP contribution is -2.20. The molecule has 3 nitrogen and oxygen atoms in total. The summed E-state index contributed by atoms with van der Waals surface area (Å²) < 4.78 is 5.02. The van der Waals surface area contributed by atoms with Gasteiger partial charge in [0.25, 0.3) is 0 Å². The standard InChI is InChI=1S/C10H18O3/c11-7-4-8-13-10(12)9-5-2-1-3-6-9/h9,11H,1-8H2. The zero-order valence-electron chi connectivity index (χ0n) is 8.00. The van der Waals surface area contributed by atoms with Gasteiger partial charge in [0.2, 0.25) is 0 Å². The van der Waals surface area contributed by atoms with Crippen molar-refractivity contribution in [2.24, 2.45) is 5.92 Å². The summed E-state index contributed by atoms with van der Waals surface area (Å²) in [6, 6.07) is 0. The summed E-state index contributed by atoms with van der Waals surface area (Å²) in [6.45, 7) is 0.462. The number of esters is 1. The fraction of sp³-hybridized carbons (Fsp3) is 0.900. The van der Waals surface area contributed by atoms with Crippen molar-refractivity contribution in [1.29, 1.82) is 0 Å². The van der Waals surface area contributed by atoms with Crippen LogP contribution < -0.4 is 0 Å². The Morgan fingerprint density at radius 1 is 1.31 bits per heavy atom. The normalized spacial score (nSPS) is 18.5. The quantitative estimate of drug-likeness (QED) is 0.534. The fourth-order valence-corrected chi connectivity index (χ4v) is 1.69. The fourth-order valence-electron chi connectivity index (χ4n) is 1.69. The molecule has 0 spiro atoms. The third-order valence-electron chi connectivity index (χ3n) is 2.49. The molecule has 1 aliphatic rings. The van der Waals surface area contributed by atoms with Gasteiger partial charge in [-0.25, -0.2) is 0 Å². The molecule has 13 heavy (non-hydrogen) atoms. The Balaban J connectivity index is 2.13. The maximum Gasteiger partial charge on any atom is 0.308 e. The second-order valence-electron chi connectivity index (χ2n) is 3.58. The van der Waals surface area contributed by atoms with Crippen LogP contribution in [0, 0.1) is 5.92 Å². The third kappa shape index (κ3) is 3.77. The zero-order valence-corrected chi connectivity index (χ0v) is 8.00. The number of aliphatic hydroxyl groups is 1. The average Bonchev–Trinajstić information content (AvgIpc) is 2.19.